The third kappa shape index (κ3) is 6.25. The van der Waals surface area contributed by atoms with Gasteiger partial charge in [0.2, 0.25) is 0 Å². The molecule has 1 aliphatic rings. The summed E-state index contributed by atoms with van der Waals surface area (Å²) in [7, 11) is -4.22. The average molecular weight is 639 g/mol. The third-order valence-corrected chi connectivity index (χ3v) is 9.55. The summed E-state index contributed by atoms with van der Waals surface area (Å²) in [4.78, 5) is 27.2. The highest BCUT2D eigenvalue weighted by atomic mass is 32.2. The fourth-order valence-corrected chi connectivity index (χ4v) is 6.93. The number of nitrogens with one attached hydrogen (secondary N) is 1. The number of hydrogen-bond acceptors (Lipinski definition) is 7. The number of ether oxygens (including phenoxy) is 2. The van der Waals surface area contributed by atoms with Crippen LogP contribution in [-0.2, 0) is 29.4 Å². The molecule has 1 N–H and O–H groups in total. The van der Waals surface area contributed by atoms with E-state index in [1.54, 1.807) is 19.1 Å². The quantitative estimate of drug-likeness (QED) is 0.165. The first-order valence-corrected chi connectivity index (χ1v) is 16.4. The summed E-state index contributed by atoms with van der Waals surface area (Å²) in [6.07, 6.45) is -1.44. The molecule has 46 heavy (non-hydrogen) atoms. The highest BCUT2D eigenvalue weighted by Crippen LogP contribution is 2.42. The van der Waals surface area contributed by atoms with E-state index in [4.69, 9.17) is 13.7 Å². The van der Waals surface area contributed by atoms with Crippen LogP contribution in [0.1, 0.15) is 40.5 Å². The number of hydrogen-bond donors (Lipinski definition) is 1. The van der Waals surface area contributed by atoms with E-state index in [1.807, 2.05) is 97.9 Å². The Hall–Kier alpha value is -4.61. The normalized spacial score (nSPS) is 18.4. The van der Waals surface area contributed by atoms with Gasteiger partial charge in [-0.15, -0.1) is 0 Å². The van der Waals surface area contributed by atoms with Crippen molar-refractivity contribution in [1.29, 1.82) is 0 Å². The van der Waals surface area contributed by atoms with Gasteiger partial charge in [0.05, 0.1) is 11.5 Å². The number of aromatic nitrogens is 2. The van der Waals surface area contributed by atoms with E-state index in [0.29, 0.717) is 5.56 Å². The maximum atomic E-state index is 13.5. The standard InChI is InChI=1S/C36H34N2O7S/c1-25-18-20-30(21-19-25)46(41,42)45-31-22-33(38-23-26(2)34(39)37-35(38)40)44-32(31)24-43-36(27-12-6-3-7-13-27,28-14-8-4-9-15-28)29-16-10-5-11-17-29/h3-21,23,31-33H,22,24H2,1-2H3,(H,37,39,40). The molecule has 0 saturated carbocycles. The molecule has 1 fully saturated rings. The lowest BCUT2D eigenvalue weighted by Crippen LogP contribution is -2.39. The van der Waals surface area contributed by atoms with Crippen LogP contribution in [0.25, 0.3) is 0 Å². The number of H-pyrrole nitrogens is 1. The molecule has 0 aliphatic carbocycles. The SMILES string of the molecule is Cc1ccc(S(=O)(=O)OC2CC(n3cc(C)c(=O)[nH]c3=O)OC2COC(c2ccccc2)(c2ccccc2)c2ccccc2)cc1. The van der Waals surface area contributed by atoms with Crippen LogP contribution < -0.4 is 11.2 Å². The predicted octanol–water partition coefficient (Wildman–Crippen LogP) is 5.22. The van der Waals surface area contributed by atoms with Crippen LogP contribution in [0, 0.1) is 13.8 Å². The Bertz CT molecular complexity index is 1910. The zero-order valence-electron chi connectivity index (χ0n) is 25.4. The van der Waals surface area contributed by atoms with Crippen molar-refractivity contribution >= 4 is 10.1 Å². The summed E-state index contributed by atoms with van der Waals surface area (Å²) in [5.74, 6) is 0. The van der Waals surface area contributed by atoms with E-state index in [0.717, 1.165) is 22.3 Å². The molecule has 10 heteroatoms. The number of aromatic amines is 1. The molecule has 236 valence electrons. The molecule has 2 heterocycles. The lowest BCUT2D eigenvalue weighted by molar-refractivity contribution is -0.0911. The lowest BCUT2D eigenvalue weighted by Gasteiger charge is -2.37. The van der Waals surface area contributed by atoms with Crippen molar-refractivity contribution in [1.82, 2.24) is 9.55 Å². The number of rotatable bonds is 10. The van der Waals surface area contributed by atoms with Crippen LogP contribution in [0.5, 0.6) is 0 Å². The largest absolute Gasteiger partial charge is 0.358 e. The molecule has 1 aromatic heterocycles. The highest BCUT2D eigenvalue weighted by Gasteiger charge is 2.44. The molecule has 0 amide bonds. The summed E-state index contributed by atoms with van der Waals surface area (Å²) in [5.41, 5.74) is 1.52. The molecule has 1 saturated heterocycles. The highest BCUT2D eigenvalue weighted by molar-refractivity contribution is 7.86. The van der Waals surface area contributed by atoms with Gasteiger partial charge >= 0.3 is 5.69 Å². The molecule has 6 rings (SSSR count). The summed E-state index contributed by atoms with van der Waals surface area (Å²) < 4.78 is 47.4. The number of aryl methyl sites for hydroxylation is 2. The lowest BCUT2D eigenvalue weighted by atomic mass is 9.80. The van der Waals surface area contributed by atoms with Crippen molar-refractivity contribution < 1.29 is 22.1 Å². The van der Waals surface area contributed by atoms with Gasteiger partial charge in [-0.1, -0.05) is 109 Å². The minimum atomic E-state index is -4.22. The second-order valence-electron chi connectivity index (χ2n) is 11.3. The van der Waals surface area contributed by atoms with Crippen molar-refractivity contribution in [2.24, 2.45) is 0 Å². The molecular weight excluding hydrogens is 604 g/mol. The van der Waals surface area contributed by atoms with Gasteiger partial charge in [-0.3, -0.25) is 18.5 Å². The van der Waals surface area contributed by atoms with Crippen LogP contribution >= 0.6 is 0 Å². The van der Waals surface area contributed by atoms with E-state index in [1.165, 1.54) is 22.9 Å². The Balaban J connectivity index is 1.41. The van der Waals surface area contributed by atoms with Crippen molar-refractivity contribution in [2.75, 3.05) is 6.61 Å². The molecule has 4 aromatic carbocycles. The van der Waals surface area contributed by atoms with E-state index < -0.39 is 45.4 Å². The minimum absolute atomic E-state index is 0.00507. The zero-order chi connectivity index (χ0) is 32.3. The van der Waals surface area contributed by atoms with Crippen LogP contribution in [-0.4, -0.2) is 36.8 Å². The molecule has 0 radical (unpaired) electrons. The maximum Gasteiger partial charge on any atom is 0.330 e. The third-order valence-electron chi connectivity index (χ3n) is 8.20. The van der Waals surface area contributed by atoms with Crippen LogP contribution in [0.2, 0.25) is 0 Å². The summed E-state index contributed by atoms with van der Waals surface area (Å²) in [5, 5.41) is 0. The zero-order valence-corrected chi connectivity index (χ0v) is 26.2. The first-order chi connectivity index (χ1) is 22.2. The number of nitrogens with zero attached hydrogens (tertiary/aromatic N) is 1. The second-order valence-corrected chi connectivity index (χ2v) is 12.9. The second kappa shape index (κ2) is 13.0. The van der Waals surface area contributed by atoms with Gasteiger partial charge in [-0.2, -0.15) is 8.42 Å². The van der Waals surface area contributed by atoms with E-state index in [-0.39, 0.29) is 17.9 Å². The number of benzene rings is 4. The molecule has 9 nitrogen and oxygen atoms in total. The molecule has 0 bridgehead atoms. The molecule has 3 atom stereocenters. The Morgan fingerprint density at radius 3 is 1.85 bits per heavy atom. The molecular formula is C36H34N2O7S. The van der Waals surface area contributed by atoms with Crippen molar-refractivity contribution in [3.05, 3.63) is 170 Å². The van der Waals surface area contributed by atoms with Gasteiger partial charge < -0.3 is 9.47 Å². The Labute approximate surface area is 267 Å². The smallest absolute Gasteiger partial charge is 0.330 e. The maximum absolute atomic E-state index is 13.5. The first-order valence-electron chi connectivity index (χ1n) is 15.0. The summed E-state index contributed by atoms with van der Waals surface area (Å²) in [6.45, 7) is 3.34. The topological polar surface area (TPSA) is 117 Å². The van der Waals surface area contributed by atoms with Crippen LogP contribution in [0.15, 0.2) is 136 Å². The van der Waals surface area contributed by atoms with Crippen LogP contribution in [0.4, 0.5) is 0 Å². The van der Waals surface area contributed by atoms with E-state index in [2.05, 4.69) is 4.98 Å². The monoisotopic (exact) mass is 638 g/mol. The summed E-state index contributed by atoms with van der Waals surface area (Å²) in [6, 6.07) is 35.7. The van der Waals surface area contributed by atoms with Crippen molar-refractivity contribution in [3.8, 4) is 0 Å². The Morgan fingerprint density at radius 2 is 1.33 bits per heavy atom. The van der Waals surface area contributed by atoms with E-state index >= 15 is 0 Å². The summed E-state index contributed by atoms with van der Waals surface area (Å²) >= 11 is 0. The van der Waals surface area contributed by atoms with Gasteiger partial charge in [0.25, 0.3) is 15.7 Å². The van der Waals surface area contributed by atoms with Crippen molar-refractivity contribution in [3.63, 3.8) is 0 Å². The molecule has 0 spiro atoms. The molecule has 1 aliphatic heterocycles. The van der Waals surface area contributed by atoms with Gasteiger partial charge in [0.1, 0.15) is 24.0 Å². The Morgan fingerprint density at radius 1 is 0.804 bits per heavy atom. The van der Waals surface area contributed by atoms with Gasteiger partial charge in [0.15, 0.2) is 0 Å². The average Bonchev–Trinajstić information content (AvgIpc) is 3.46. The minimum Gasteiger partial charge on any atom is -0.358 e. The van der Waals surface area contributed by atoms with Gasteiger partial charge in [0, 0.05) is 18.2 Å². The fourth-order valence-electron chi connectivity index (χ4n) is 5.82. The molecule has 5 aromatic rings. The molecule has 3 unspecified atom stereocenters. The Kier molecular flexibility index (Phi) is 8.88. The predicted molar refractivity (Wildman–Crippen MR) is 173 cm³/mol. The van der Waals surface area contributed by atoms with Crippen LogP contribution in [0.3, 0.4) is 0 Å². The van der Waals surface area contributed by atoms with Gasteiger partial charge in [-0.05, 0) is 42.7 Å². The fraction of sp³-hybridized carbons (Fsp3) is 0.222. The van der Waals surface area contributed by atoms with E-state index in [9.17, 15) is 18.0 Å². The first kappa shape index (κ1) is 31.4. The van der Waals surface area contributed by atoms with Gasteiger partial charge in [-0.25, -0.2) is 4.79 Å². The van der Waals surface area contributed by atoms with Crippen molar-refractivity contribution in [2.45, 2.75) is 49.2 Å².